The molecule has 0 spiro atoms. The fourth-order valence-electron chi connectivity index (χ4n) is 3.92. The van der Waals surface area contributed by atoms with Gasteiger partial charge in [-0.1, -0.05) is 11.6 Å². The summed E-state index contributed by atoms with van der Waals surface area (Å²) < 4.78 is 0. The predicted molar refractivity (Wildman–Crippen MR) is 108 cm³/mol. The lowest BCUT2D eigenvalue weighted by Crippen LogP contribution is -2.49. The van der Waals surface area contributed by atoms with Crippen molar-refractivity contribution in [1.82, 2.24) is 15.5 Å². The van der Waals surface area contributed by atoms with Crippen LogP contribution in [0.15, 0.2) is 24.3 Å². The zero-order valence-electron chi connectivity index (χ0n) is 15.9. The summed E-state index contributed by atoms with van der Waals surface area (Å²) in [6, 6.07) is 8.87. The van der Waals surface area contributed by atoms with Crippen molar-refractivity contribution < 1.29 is 4.79 Å². The van der Waals surface area contributed by atoms with Crippen molar-refractivity contribution in [3.8, 4) is 0 Å². The molecule has 2 aliphatic rings. The number of piperidine rings is 1. The highest BCUT2D eigenvalue weighted by Gasteiger charge is 2.25. The molecule has 26 heavy (non-hydrogen) atoms. The van der Waals surface area contributed by atoms with Gasteiger partial charge in [-0.25, -0.2) is 4.79 Å². The summed E-state index contributed by atoms with van der Waals surface area (Å²) in [5.41, 5.74) is 1.21. The highest BCUT2D eigenvalue weighted by atomic mass is 35.5. The minimum atomic E-state index is -0.0158. The van der Waals surface area contributed by atoms with Gasteiger partial charge in [-0.15, -0.1) is 0 Å². The van der Waals surface area contributed by atoms with Crippen LogP contribution in [0.3, 0.4) is 0 Å². The van der Waals surface area contributed by atoms with Crippen LogP contribution in [0.5, 0.6) is 0 Å². The van der Waals surface area contributed by atoms with Crippen LogP contribution in [-0.4, -0.2) is 55.7 Å². The zero-order chi connectivity index (χ0) is 18.5. The first-order chi connectivity index (χ1) is 12.5. The molecule has 2 amide bonds. The number of carbonyl (C=O) groups is 1. The molecule has 0 saturated carbocycles. The van der Waals surface area contributed by atoms with Crippen LogP contribution in [0, 0.1) is 5.92 Å². The van der Waals surface area contributed by atoms with E-state index in [1.54, 1.807) is 0 Å². The minimum absolute atomic E-state index is 0.0158. The summed E-state index contributed by atoms with van der Waals surface area (Å²) >= 11 is 5.96. The van der Waals surface area contributed by atoms with Crippen LogP contribution in [0.1, 0.15) is 33.1 Å². The molecule has 0 radical (unpaired) electrons. The van der Waals surface area contributed by atoms with Crippen LogP contribution in [0.4, 0.5) is 10.5 Å². The molecule has 0 bridgehead atoms. The molecule has 6 heteroatoms. The summed E-state index contributed by atoms with van der Waals surface area (Å²) in [4.78, 5) is 17.0. The molecule has 1 aromatic carbocycles. The Morgan fingerprint density at radius 1 is 1.15 bits per heavy atom. The van der Waals surface area contributed by atoms with Crippen LogP contribution in [-0.2, 0) is 0 Å². The molecule has 2 aliphatic heterocycles. The second kappa shape index (κ2) is 8.96. The van der Waals surface area contributed by atoms with Crippen molar-refractivity contribution in [1.29, 1.82) is 0 Å². The molecule has 1 aromatic rings. The van der Waals surface area contributed by atoms with Crippen LogP contribution in [0.2, 0.25) is 5.02 Å². The second-order valence-electron chi connectivity index (χ2n) is 7.84. The van der Waals surface area contributed by atoms with Crippen molar-refractivity contribution in [2.75, 3.05) is 37.6 Å². The molecule has 0 aliphatic carbocycles. The van der Waals surface area contributed by atoms with Gasteiger partial charge < -0.3 is 20.4 Å². The van der Waals surface area contributed by atoms with Gasteiger partial charge in [-0.2, -0.15) is 0 Å². The summed E-state index contributed by atoms with van der Waals surface area (Å²) in [7, 11) is 0. The highest BCUT2D eigenvalue weighted by molar-refractivity contribution is 6.30. The fourth-order valence-corrected chi connectivity index (χ4v) is 4.05. The summed E-state index contributed by atoms with van der Waals surface area (Å²) in [5.74, 6) is 0.499. The first-order valence-electron chi connectivity index (χ1n) is 9.80. The van der Waals surface area contributed by atoms with Gasteiger partial charge in [0.2, 0.25) is 0 Å². The molecule has 0 aromatic heterocycles. The number of hydrogen-bond donors (Lipinski definition) is 2. The Bertz CT molecular complexity index is 584. The number of likely N-dealkylation sites (tertiary alicyclic amines) is 1. The largest absolute Gasteiger partial charge is 0.371 e. The quantitative estimate of drug-likeness (QED) is 0.826. The Hall–Kier alpha value is -1.46. The normalized spacial score (nSPS) is 22.0. The standard InChI is InChI=1S/C20H31ClN4O/c1-15(2)24-11-8-18(9-12-24)23-20(26)22-13-16-7-10-25(14-16)19-5-3-17(21)4-6-19/h3-6,15-16,18H,7-14H2,1-2H3,(H2,22,23,26)/t16-/m0/s1. The van der Waals surface area contributed by atoms with Gasteiger partial charge in [0, 0.05) is 55.5 Å². The van der Waals surface area contributed by atoms with E-state index >= 15 is 0 Å². The Morgan fingerprint density at radius 2 is 1.85 bits per heavy atom. The number of benzene rings is 1. The fraction of sp³-hybridized carbons (Fsp3) is 0.650. The molecule has 2 N–H and O–H groups in total. The highest BCUT2D eigenvalue weighted by Crippen LogP contribution is 2.24. The van der Waals surface area contributed by atoms with Crippen molar-refractivity contribution in [3.63, 3.8) is 0 Å². The second-order valence-corrected chi connectivity index (χ2v) is 8.27. The van der Waals surface area contributed by atoms with Crippen molar-refractivity contribution >= 4 is 23.3 Å². The maximum atomic E-state index is 12.2. The SMILES string of the molecule is CC(C)N1CCC(NC(=O)NC[C@@H]2CCN(c3ccc(Cl)cc3)C2)CC1. The maximum Gasteiger partial charge on any atom is 0.315 e. The van der Waals surface area contributed by atoms with Gasteiger partial charge in [0.15, 0.2) is 0 Å². The van der Waals surface area contributed by atoms with Crippen LogP contribution in [0.25, 0.3) is 0 Å². The number of nitrogens with zero attached hydrogens (tertiary/aromatic N) is 2. The van der Waals surface area contributed by atoms with Gasteiger partial charge in [0.25, 0.3) is 0 Å². The molecule has 144 valence electrons. The predicted octanol–water partition coefficient (Wildman–Crippen LogP) is 3.34. The molecule has 2 fully saturated rings. The summed E-state index contributed by atoms with van der Waals surface area (Å²) in [6.07, 6.45) is 3.19. The van der Waals surface area contributed by atoms with Gasteiger partial charge in [-0.05, 0) is 63.3 Å². The molecule has 2 saturated heterocycles. The van der Waals surface area contributed by atoms with E-state index in [4.69, 9.17) is 11.6 Å². The van der Waals surface area contributed by atoms with Crippen LogP contribution < -0.4 is 15.5 Å². The number of urea groups is 1. The van der Waals surface area contributed by atoms with E-state index < -0.39 is 0 Å². The van der Waals surface area contributed by atoms with Crippen molar-refractivity contribution in [2.24, 2.45) is 5.92 Å². The van der Waals surface area contributed by atoms with E-state index in [0.717, 1.165) is 57.0 Å². The average molecular weight is 379 g/mol. The van der Waals surface area contributed by atoms with E-state index in [2.05, 4.69) is 46.4 Å². The summed E-state index contributed by atoms with van der Waals surface area (Å²) in [6.45, 7) is 9.35. The third kappa shape index (κ3) is 5.27. The molecule has 5 nitrogen and oxygen atoms in total. The minimum Gasteiger partial charge on any atom is -0.371 e. The van der Waals surface area contributed by atoms with Crippen molar-refractivity contribution in [3.05, 3.63) is 29.3 Å². The molecule has 1 atom stereocenters. The van der Waals surface area contributed by atoms with Crippen LogP contribution >= 0.6 is 11.6 Å². The van der Waals surface area contributed by atoms with Gasteiger partial charge >= 0.3 is 6.03 Å². The van der Waals surface area contributed by atoms with Gasteiger partial charge in [0.05, 0.1) is 0 Å². The Morgan fingerprint density at radius 3 is 2.50 bits per heavy atom. The molecular formula is C20H31ClN4O. The number of rotatable bonds is 5. The lowest BCUT2D eigenvalue weighted by Gasteiger charge is -2.34. The number of carbonyl (C=O) groups excluding carboxylic acids is 1. The summed E-state index contributed by atoms with van der Waals surface area (Å²) in [5, 5.41) is 6.99. The van der Waals surface area contributed by atoms with E-state index in [1.165, 1.54) is 5.69 Å². The van der Waals surface area contributed by atoms with E-state index in [1.807, 2.05) is 12.1 Å². The number of nitrogens with one attached hydrogen (secondary N) is 2. The Labute approximate surface area is 162 Å². The molecule has 3 rings (SSSR count). The zero-order valence-corrected chi connectivity index (χ0v) is 16.6. The number of hydrogen-bond acceptors (Lipinski definition) is 3. The van der Waals surface area contributed by atoms with Gasteiger partial charge in [0.1, 0.15) is 0 Å². The average Bonchev–Trinajstić information content (AvgIpc) is 3.10. The Kier molecular flexibility index (Phi) is 6.65. The molecular weight excluding hydrogens is 348 g/mol. The third-order valence-electron chi connectivity index (χ3n) is 5.62. The Balaban J connectivity index is 1.36. The van der Waals surface area contributed by atoms with Gasteiger partial charge in [-0.3, -0.25) is 0 Å². The monoisotopic (exact) mass is 378 g/mol. The first kappa shape index (κ1) is 19.3. The number of halogens is 1. The topological polar surface area (TPSA) is 47.6 Å². The third-order valence-corrected chi connectivity index (χ3v) is 5.88. The number of amides is 2. The molecule has 0 unspecified atom stereocenters. The molecule has 2 heterocycles. The maximum absolute atomic E-state index is 12.2. The lowest BCUT2D eigenvalue weighted by molar-refractivity contribution is 0.161. The smallest absolute Gasteiger partial charge is 0.315 e. The van der Waals surface area contributed by atoms with E-state index in [9.17, 15) is 4.79 Å². The van der Waals surface area contributed by atoms with E-state index in [0.29, 0.717) is 18.0 Å². The number of anilines is 1. The van der Waals surface area contributed by atoms with Crippen molar-refractivity contribution in [2.45, 2.75) is 45.2 Å². The first-order valence-corrected chi connectivity index (χ1v) is 10.2. The van der Waals surface area contributed by atoms with E-state index in [-0.39, 0.29) is 6.03 Å². The lowest BCUT2D eigenvalue weighted by atomic mass is 10.0.